The van der Waals surface area contributed by atoms with E-state index in [1.807, 2.05) is 12.1 Å². The van der Waals surface area contributed by atoms with Crippen molar-refractivity contribution in [2.75, 3.05) is 5.32 Å². The van der Waals surface area contributed by atoms with Crippen LogP contribution in [0.5, 0.6) is 0 Å². The summed E-state index contributed by atoms with van der Waals surface area (Å²) in [6.45, 7) is 2.23. The fourth-order valence-electron chi connectivity index (χ4n) is 2.67. The molecule has 0 aliphatic carbocycles. The molecule has 2 aromatic rings. The minimum atomic E-state index is 0.0597. The van der Waals surface area contributed by atoms with Crippen LogP contribution >= 0.6 is 12.2 Å². The first-order valence-corrected chi connectivity index (χ1v) is 9.02. The molecule has 2 N–H and O–H groups in total. The summed E-state index contributed by atoms with van der Waals surface area (Å²) in [4.78, 5) is 15.2. The number of anilines is 1. The molecule has 4 nitrogen and oxygen atoms in total. The number of H-pyrrole nitrogens is 1. The Morgan fingerprint density at radius 2 is 1.83 bits per heavy atom. The fourth-order valence-corrected chi connectivity index (χ4v) is 2.87. The van der Waals surface area contributed by atoms with Crippen LogP contribution in [0.4, 0.5) is 5.69 Å². The number of unbranched alkanes of at least 4 members (excludes halogenated alkanes) is 7. The highest BCUT2D eigenvalue weighted by molar-refractivity contribution is 7.71. The Labute approximate surface area is 142 Å². The average Bonchev–Trinajstić information content (AvgIpc) is 2.89. The van der Waals surface area contributed by atoms with E-state index < -0.39 is 0 Å². The van der Waals surface area contributed by atoms with E-state index >= 15 is 0 Å². The van der Waals surface area contributed by atoms with Crippen molar-refractivity contribution in [3.05, 3.63) is 23.0 Å². The van der Waals surface area contributed by atoms with Crippen LogP contribution in [-0.2, 0) is 4.79 Å². The van der Waals surface area contributed by atoms with Crippen molar-refractivity contribution in [2.24, 2.45) is 0 Å². The molecule has 0 saturated carbocycles. The van der Waals surface area contributed by atoms with Gasteiger partial charge in [-0.1, -0.05) is 51.9 Å². The summed E-state index contributed by atoms with van der Waals surface area (Å²) in [5, 5.41) is 2.92. The van der Waals surface area contributed by atoms with E-state index in [2.05, 4.69) is 17.2 Å². The van der Waals surface area contributed by atoms with Crippen molar-refractivity contribution < 1.29 is 9.21 Å². The molecule has 0 saturated heterocycles. The minimum absolute atomic E-state index is 0.0597. The van der Waals surface area contributed by atoms with Crippen molar-refractivity contribution >= 4 is 34.9 Å². The molecule has 1 aromatic heterocycles. The number of carbonyl (C=O) groups excluding carboxylic acids is 1. The first-order valence-electron chi connectivity index (χ1n) is 8.62. The van der Waals surface area contributed by atoms with E-state index in [4.69, 9.17) is 16.6 Å². The monoisotopic (exact) mass is 334 g/mol. The topological polar surface area (TPSA) is 58.0 Å². The maximum atomic E-state index is 12.0. The van der Waals surface area contributed by atoms with Gasteiger partial charge < -0.3 is 14.7 Å². The van der Waals surface area contributed by atoms with Crippen molar-refractivity contribution in [1.29, 1.82) is 0 Å². The third-order valence-electron chi connectivity index (χ3n) is 3.96. The van der Waals surface area contributed by atoms with E-state index in [1.54, 1.807) is 6.07 Å². The highest BCUT2D eigenvalue weighted by atomic mass is 32.1. The maximum Gasteiger partial charge on any atom is 0.266 e. The number of hydrogen-bond acceptors (Lipinski definition) is 3. The van der Waals surface area contributed by atoms with Gasteiger partial charge in [-0.2, -0.15) is 0 Å². The molecule has 0 spiro atoms. The molecule has 0 aliphatic rings. The summed E-state index contributed by atoms with van der Waals surface area (Å²) in [7, 11) is 0. The van der Waals surface area contributed by atoms with Gasteiger partial charge in [-0.15, -0.1) is 0 Å². The van der Waals surface area contributed by atoms with E-state index in [0.29, 0.717) is 16.8 Å². The molecule has 0 aliphatic heterocycles. The lowest BCUT2D eigenvalue weighted by molar-refractivity contribution is -0.116. The number of benzene rings is 1. The molecule has 0 bridgehead atoms. The van der Waals surface area contributed by atoms with Gasteiger partial charge in [-0.05, 0) is 30.8 Å². The molecule has 126 valence electrons. The second-order valence-corrected chi connectivity index (χ2v) is 6.37. The quantitative estimate of drug-likeness (QED) is 0.416. The molecule has 1 heterocycles. The fraction of sp³-hybridized carbons (Fsp3) is 0.556. The Bertz CT molecular complexity index is 675. The standard InChI is InChI=1S/C18H26N2O2S/c1-2-3-4-5-6-7-8-9-10-17(21)19-14-11-12-15-16(13-14)22-18(23)20-15/h11-13H,2-10H2,1H3,(H,19,21)(H,20,23). The lowest BCUT2D eigenvalue weighted by Gasteiger charge is -2.05. The second-order valence-electron chi connectivity index (χ2n) is 6.00. The predicted molar refractivity (Wildman–Crippen MR) is 97.3 cm³/mol. The zero-order valence-corrected chi connectivity index (χ0v) is 14.6. The molecule has 5 heteroatoms. The molecular weight excluding hydrogens is 308 g/mol. The summed E-state index contributed by atoms with van der Waals surface area (Å²) in [6, 6.07) is 5.52. The van der Waals surface area contributed by atoms with Crippen LogP contribution in [0.25, 0.3) is 11.1 Å². The number of rotatable bonds is 10. The van der Waals surface area contributed by atoms with Crippen LogP contribution < -0.4 is 5.32 Å². The SMILES string of the molecule is CCCCCCCCCCC(=O)Nc1ccc2[nH]c(=S)oc2c1. The lowest BCUT2D eigenvalue weighted by Crippen LogP contribution is -2.10. The average molecular weight is 334 g/mol. The molecule has 0 radical (unpaired) electrons. The number of carbonyl (C=O) groups is 1. The third-order valence-corrected chi connectivity index (χ3v) is 4.15. The van der Waals surface area contributed by atoms with Gasteiger partial charge in [0.25, 0.3) is 4.84 Å². The molecule has 1 amide bonds. The number of amides is 1. The van der Waals surface area contributed by atoms with Gasteiger partial charge in [-0.3, -0.25) is 4.79 Å². The van der Waals surface area contributed by atoms with Crippen LogP contribution in [0, 0.1) is 4.84 Å². The summed E-state index contributed by atoms with van der Waals surface area (Å²) < 4.78 is 5.35. The van der Waals surface area contributed by atoms with Crippen LogP contribution in [0.1, 0.15) is 64.7 Å². The zero-order chi connectivity index (χ0) is 16.5. The lowest BCUT2D eigenvalue weighted by atomic mass is 10.1. The van der Waals surface area contributed by atoms with Crippen molar-refractivity contribution in [2.45, 2.75) is 64.7 Å². The number of oxazole rings is 1. The van der Waals surface area contributed by atoms with E-state index in [9.17, 15) is 4.79 Å². The van der Waals surface area contributed by atoms with Gasteiger partial charge in [0.15, 0.2) is 5.58 Å². The van der Waals surface area contributed by atoms with Gasteiger partial charge in [0, 0.05) is 18.2 Å². The number of fused-ring (bicyclic) bond motifs is 1. The Kier molecular flexibility index (Phi) is 7.33. The number of aromatic amines is 1. The second kappa shape index (κ2) is 9.50. The van der Waals surface area contributed by atoms with E-state index in [0.717, 1.165) is 24.0 Å². The molecule has 23 heavy (non-hydrogen) atoms. The van der Waals surface area contributed by atoms with Crippen molar-refractivity contribution in [3.63, 3.8) is 0 Å². The molecule has 2 rings (SSSR count). The van der Waals surface area contributed by atoms with Gasteiger partial charge in [0.1, 0.15) is 0 Å². The molecule has 0 unspecified atom stereocenters. The Morgan fingerprint density at radius 3 is 2.57 bits per heavy atom. The highest BCUT2D eigenvalue weighted by Gasteiger charge is 2.05. The summed E-state index contributed by atoms with van der Waals surface area (Å²) in [5.41, 5.74) is 2.26. The Morgan fingerprint density at radius 1 is 1.13 bits per heavy atom. The summed E-state index contributed by atoms with van der Waals surface area (Å²) in [5.74, 6) is 0.0597. The molecule has 0 fully saturated rings. The normalized spacial score (nSPS) is 11.0. The number of hydrogen-bond donors (Lipinski definition) is 2. The number of nitrogens with one attached hydrogen (secondary N) is 2. The Balaban J connectivity index is 1.65. The zero-order valence-electron chi connectivity index (χ0n) is 13.8. The van der Waals surface area contributed by atoms with Gasteiger partial charge in [-0.25, -0.2) is 0 Å². The van der Waals surface area contributed by atoms with Crippen LogP contribution in [0.3, 0.4) is 0 Å². The highest BCUT2D eigenvalue weighted by Crippen LogP contribution is 2.19. The van der Waals surface area contributed by atoms with Crippen molar-refractivity contribution in [3.8, 4) is 0 Å². The molecular formula is C18H26N2O2S. The summed E-state index contributed by atoms with van der Waals surface area (Å²) >= 11 is 4.95. The third kappa shape index (κ3) is 6.18. The van der Waals surface area contributed by atoms with Gasteiger partial charge >= 0.3 is 0 Å². The van der Waals surface area contributed by atoms with Crippen LogP contribution in [-0.4, -0.2) is 10.9 Å². The Hall–Kier alpha value is -1.62. The van der Waals surface area contributed by atoms with Gasteiger partial charge in [0.2, 0.25) is 5.91 Å². The van der Waals surface area contributed by atoms with E-state index in [-0.39, 0.29) is 5.91 Å². The maximum absolute atomic E-state index is 12.0. The van der Waals surface area contributed by atoms with Crippen LogP contribution in [0.2, 0.25) is 0 Å². The molecule has 1 aromatic carbocycles. The van der Waals surface area contributed by atoms with Crippen LogP contribution in [0.15, 0.2) is 22.6 Å². The predicted octanol–water partition coefficient (Wildman–Crippen LogP) is 5.96. The minimum Gasteiger partial charge on any atom is -0.429 e. The summed E-state index contributed by atoms with van der Waals surface area (Å²) in [6.07, 6.45) is 10.5. The first kappa shape index (κ1) is 17.7. The first-order chi connectivity index (χ1) is 11.2. The largest absolute Gasteiger partial charge is 0.429 e. The van der Waals surface area contributed by atoms with Crippen molar-refractivity contribution in [1.82, 2.24) is 4.98 Å². The van der Waals surface area contributed by atoms with Gasteiger partial charge in [0.05, 0.1) is 5.52 Å². The van der Waals surface area contributed by atoms with E-state index in [1.165, 1.54) is 38.5 Å². The number of aromatic nitrogens is 1. The molecule has 0 atom stereocenters. The smallest absolute Gasteiger partial charge is 0.266 e.